The molecule has 108 valence electrons. The van der Waals surface area contributed by atoms with Crippen LogP contribution in [-0.4, -0.2) is 32.2 Å². The predicted octanol–water partition coefficient (Wildman–Crippen LogP) is 2.77. The quantitative estimate of drug-likeness (QED) is 0.812. The van der Waals surface area contributed by atoms with E-state index in [4.69, 9.17) is 0 Å². The Labute approximate surface area is 119 Å². The monoisotopic (exact) mass is 274 g/mol. The molecule has 0 aromatic carbocycles. The number of aliphatic hydroxyl groups is 1. The molecule has 5 heteroatoms. The SMILES string of the molecule is CCCC(O)(CCC)CNc1ncnc2ncccc12. The largest absolute Gasteiger partial charge is 0.388 e. The zero-order valence-electron chi connectivity index (χ0n) is 12.1. The van der Waals surface area contributed by atoms with E-state index in [2.05, 4.69) is 34.1 Å². The summed E-state index contributed by atoms with van der Waals surface area (Å²) in [7, 11) is 0. The lowest BCUT2D eigenvalue weighted by molar-refractivity contribution is 0.0343. The number of hydrogen-bond acceptors (Lipinski definition) is 5. The van der Waals surface area contributed by atoms with Crippen LogP contribution in [-0.2, 0) is 0 Å². The first kappa shape index (κ1) is 14.7. The summed E-state index contributed by atoms with van der Waals surface area (Å²) in [6, 6.07) is 3.80. The van der Waals surface area contributed by atoms with Gasteiger partial charge in [0.2, 0.25) is 0 Å². The van der Waals surface area contributed by atoms with E-state index in [1.165, 1.54) is 6.33 Å². The van der Waals surface area contributed by atoms with Gasteiger partial charge in [-0.3, -0.25) is 0 Å². The molecule has 0 aliphatic heterocycles. The van der Waals surface area contributed by atoms with Crippen molar-refractivity contribution in [3.05, 3.63) is 24.7 Å². The summed E-state index contributed by atoms with van der Waals surface area (Å²) in [4.78, 5) is 12.6. The van der Waals surface area contributed by atoms with E-state index in [0.29, 0.717) is 12.2 Å². The van der Waals surface area contributed by atoms with Crippen molar-refractivity contribution in [2.24, 2.45) is 0 Å². The van der Waals surface area contributed by atoms with Gasteiger partial charge in [-0.1, -0.05) is 26.7 Å². The van der Waals surface area contributed by atoms with E-state index >= 15 is 0 Å². The number of nitrogens with zero attached hydrogens (tertiary/aromatic N) is 3. The lowest BCUT2D eigenvalue weighted by Gasteiger charge is -2.28. The van der Waals surface area contributed by atoms with Crippen LogP contribution in [0.1, 0.15) is 39.5 Å². The molecule has 0 saturated carbocycles. The molecule has 0 aliphatic carbocycles. The Kier molecular flexibility index (Phi) is 4.84. The highest BCUT2D eigenvalue weighted by Crippen LogP contribution is 2.22. The fourth-order valence-corrected chi connectivity index (χ4v) is 2.52. The molecule has 0 atom stereocenters. The molecule has 2 rings (SSSR count). The number of pyridine rings is 1. The van der Waals surface area contributed by atoms with Gasteiger partial charge in [-0.2, -0.15) is 0 Å². The van der Waals surface area contributed by atoms with Crippen LogP contribution < -0.4 is 5.32 Å². The van der Waals surface area contributed by atoms with E-state index in [-0.39, 0.29) is 0 Å². The molecule has 0 bridgehead atoms. The number of hydrogen-bond donors (Lipinski definition) is 2. The normalized spacial score (nSPS) is 11.8. The van der Waals surface area contributed by atoms with Crippen molar-refractivity contribution < 1.29 is 5.11 Å². The van der Waals surface area contributed by atoms with Crippen molar-refractivity contribution in [1.82, 2.24) is 15.0 Å². The number of anilines is 1. The van der Waals surface area contributed by atoms with Crippen LogP contribution in [0.5, 0.6) is 0 Å². The first-order valence-corrected chi connectivity index (χ1v) is 7.20. The van der Waals surface area contributed by atoms with Gasteiger partial charge < -0.3 is 10.4 Å². The molecular weight excluding hydrogens is 252 g/mol. The van der Waals surface area contributed by atoms with Crippen LogP contribution in [0.3, 0.4) is 0 Å². The summed E-state index contributed by atoms with van der Waals surface area (Å²) in [6.07, 6.45) is 6.71. The second-order valence-corrected chi connectivity index (χ2v) is 5.17. The Balaban J connectivity index is 2.15. The van der Waals surface area contributed by atoms with Gasteiger partial charge in [0.05, 0.1) is 11.0 Å². The van der Waals surface area contributed by atoms with Gasteiger partial charge in [0.15, 0.2) is 5.65 Å². The molecule has 5 nitrogen and oxygen atoms in total. The fourth-order valence-electron chi connectivity index (χ4n) is 2.52. The highest BCUT2D eigenvalue weighted by Gasteiger charge is 2.24. The summed E-state index contributed by atoms with van der Waals surface area (Å²) >= 11 is 0. The summed E-state index contributed by atoms with van der Waals surface area (Å²) < 4.78 is 0. The Morgan fingerprint density at radius 3 is 2.60 bits per heavy atom. The van der Waals surface area contributed by atoms with Crippen molar-refractivity contribution in [2.45, 2.75) is 45.1 Å². The Morgan fingerprint density at radius 1 is 1.15 bits per heavy atom. The van der Waals surface area contributed by atoms with Crippen LogP contribution in [0.4, 0.5) is 5.82 Å². The molecule has 20 heavy (non-hydrogen) atoms. The third-order valence-electron chi connectivity index (χ3n) is 3.42. The highest BCUT2D eigenvalue weighted by atomic mass is 16.3. The predicted molar refractivity (Wildman–Crippen MR) is 80.6 cm³/mol. The molecule has 0 amide bonds. The average Bonchev–Trinajstić information content (AvgIpc) is 2.46. The number of nitrogens with one attached hydrogen (secondary N) is 1. The molecule has 2 N–H and O–H groups in total. The first-order chi connectivity index (χ1) is 9.68. The summed E-state index contributed by atoms with van der Waals surface area (Å²) in [5.41, 5.74) is -0.0114. The maximum absolute atomic E-state index is 10.6. The van der Waals surface area contributed by atoms with E-state index < -0.39 is 5.60 Å². The molecular formula is C15H22N4O. The molecule has 0 unspecified atom stereocenters. The standard InChI is InChI=1S/C15H22N4O/c1-3-7-15(20,8-4-2)10-17-14-12-6-5-9-16-13(12)18-11-19-14/h5-6,9,11,20H,3-4,7-8,10H2,1-2H3,(H,16,17,18,19). The summed E-state index contributed by atoms with van der Waals surface area (Å²) in [6.45, 7) is 4.67. The minimum Gasteiger partial charge on any atom is -0.388 e. The van der Waals surface area contributed by atoms with Crippen molar-refractivity contribution >= 4 is 16.9 Å². The van der Waals surface area contributed by atoms with Gasteiger partial charge in [0.1, 0.15) is 12.1 Å². The van der Waals surface area contributed by atoms with E-state index in [1.54, 1.807) is 6.20 Å². The molecule has 0 spiro atoms. The third kappa shape index (κ3) is 3.42. The van der Waals surface area contributed by atoms with Crippen LogP contribution in [0.25, 0.3) is 11.0 Å². The van der Waals surface area contributed by atoms with Gasteiger partial charge in [-0.05, 0) is 25.0 Å². The van der Waals surface area contributed by atoms with E-state index in [9.17, 15) is 5.11 Å². The van der Waals surface area contributed by atoms with Crippen LogP contribution >= 0.6 is 0 Å². The third-order valence-corrected chi connectivity index (χ3v) is 3.42. The van der Waals surface area contributed by atoms with Crippen molar-refractivity contribution in [3.63, 3.8) is 0 Å². The average molecular weight is 274 g/mol. The van der Waals surface area contributed by atoms with Crippen LogP contribution in [0.15, 0.2) is 24.7 Å². The maximum Gasteiger partial charge on any atom is 0.164 e. The van der Waals surface area contributed by atoms with E-state index in [0.717, 1.165) is 36.9 Å². The number of fused-ring (bicyclic) bond motifs is 1. The number of rotatable bonds is 7. The van der Waals surface area contributed by atoms with Gasteiger partial charge in [-0.15, -0.1) is 0 Å². The summed E-state index contributed by atoms with van der Waals surface area (Å²) in [5.74, 6) is 0.730. The van der Waals surface area contributed by atoms with Crippen LogP contribution in [0.2, 0.25) is 0 Å². The smallest absolute Gasteiger partial charge is 0.164 e. The maximum atomic E-state index is 10.6. The molecule has 0 fully saturated rings. The highest BCUT2D eigenvalue weighted by molar-refractivity contribution is 5.85. The summed E-state index contributed by atoms with van der Waals surface area (Å²) in [5, 5.41) is 14.8. The lowest BCUT2D eigenvalue weighted by atomic mass is 9.92. The zero-order chi connectivity index (χ0) is 14.4. The van der Waals surface area contributed by atoms with Crippen molar-refractivity contribution in [2.75, 3.05) is 11.9 Å². The molecule has 2 heterocycles. The Hall–Kier alpha value is -1.75. The Morgan fingerprint density at radius 2 is 1.90 bits per heavy atom. The van der Waals surface area contributed by atoms with Crippen molar-refractivity contribution in [3.8, 4) is 0 Å². The molecule has 2 aromatic heterocycles. The van der Waals surface area contributed by atoms with Gasteiger partial charge in [-0.25, -0.2) is 15.0 Å². The first-order valence-electron chi connectivity index (χ1n) is 7.20. The number of aromatic nitrogens is 3. The minimum atomic E-state index is -0.678. The van der Waals surface area contributed by atoms with Crippen LogP contribution in [0, 0.1) is 0 Å². The molecule has 2 aromatic rings. The second-order valence-electron chi connectivity index (χ2n) is 5.17. The lowest BCUT2D eigenvalue weighted by Crippen LogP contribution is -2.37. The second kappa shape index (κ2) is 6.61. The zero-order valence-corrected chi connectivity index (χ0v) is 12.1. The van der Waals surface area contributed by atoms with Gasteiger partial charge >= 0.3 is 0 Å². The topological polar surface area (TPSA) is 70.9 Å². The van der Waals surface area contributed by atoms with Gasteiger partial charge in [0, 0.05) is 12.7 Å². The van der Waals surface area contributed by atoms with Gasteiger partial charge in [0.25, 0.3) is 0 Å². The fraction of sp³-hybridized carbons (Fsp3) is 0.533. The minimum absolute atomic E-state index is 0.496. The Bertz CT molecular complexity index is 547. The van der Waals surface area contributed by atoms with Crippen molar-refractivity contribution in [1.29, 1.82) is 0 Å². The molecule has 0 radical (unpaired) electrons. The molecule has 0 saturated heterocycles. The molecule has 0 aliphatic rings. The van der Waals surface area contributed by atoms with E-state index in [1.807, 2.05) is 12.1 Å².